The Morgan fingerprint density at radius 1 is 1.26 bits per heavy atom. The fraction of sp³-hybridized carbons (Fsp3) is 0.625. The quantitative estimate of drug-likeness (QED) is 0.796. The second kappa shape index (κ2) is 6.93. The van der Waals surface area contributed by atoms with E-state index < -0.39 is 5.97 Å². The zero-order chi connectivity index (χ0) is 16.4. The molecular formula is C16H21ClN2O4. The molecule has 0 radical (unpaired) electrons. The Hall–Kier alpha value is -1.53. The number of hydrogen-bond donors (Lipinski definition) is 2. The highest BCUT2D eigenvalue weighted by atomic mass is 35.5. The van der Waals surface area contributed by atoms with Crippen LogP contribution in [0, 0.1) is 5.92 Å². The first-order valence-electron chi connectivity index (χ1n) is 8.04. The van der Waals surface area contributed by atoms with Gasteiger partial charge in [-0.3, -0.25) is 14.5 Å². The molecule has 1 aromatic heterocycles. The molecule has 0 aromatic carbocycles. The number of carbonyl (C=O) groups excluding carboxylic acids is 1. The van der Waals surface area contributed by atoms with Crippen LogP contribution in [0.1, 0.15) is 42.7 Å². The SMILES string of the molecule is O=C(O)C[C@H]1CC[C@@H](CNC(=O)c2ccc(Cl)o2)N1CC1CC1. The van der Waals surface area contributed by atoms with Crippen molar-refractivity contribution in [2.45, 2.75) is 44.2 Å². The first-order chi connectivity index (χ1) is 11.0. The first-order valence-corrected chi connectivity index (χ1v) is 8.42. The van der Waals surface area contributed by atoms with Gasteiger partial charge >= 0.3 is 5.97 Å². The van der Waals surface area contributed by atoms with E-state index in [9.17, 15) is 9.59 Å². The third-order valence-electron chi connectivity index (χ3n) is 4.64. The standard InChI is InChI=1S/C16H21ClN2O4/c17-14-6-5-13(23-14)16(22)18-8-12-4-3-11(7-15(20)21)19(12)9-10-1-2-10/h5-6,10-12H,1-4,7-9H2,(H,18,22)(H,20,21)/t11-,12+/m1/s1. The summed E-state index contributed by atoms with van der Waals surface area (Å²) in [5, 5.41) is 12.1. The summed E-state index contributed by atoms with van der Waals surface area (Å²) in [6.45, 7) is 1.44. The number of carboxylic acids is 1. The van der Waals surface area contributed by atoms with Crippen molar-refractivity contribution in [3.8, 4) is 0 Å². The zero-order valence-corrected chi connectivity index (χ0v) is 13.6. The molecule has 126 valence electrons. The Kier molecular flexibility index (Phi) is 4.92. The van der Waals surface area contributed by atoms with Crippen molar-refractivity contribution in [2.24, 2.45) is 5.92 Å². The van der Waals surface area contributed by atoms with Crippen molar-refractivity contribution in [3.05, 3.63) is 23.1 Å². The maximum atomic E-state index is 12.0. The maximum absolute atomic E-state index is 12.0. The second-order valence-corrected chi connectivity index (χ2v) is 6.81. The summed E-state index contributed by atoms with van der Waals surface area (Å²) in [5.41, 5.74) is 0. The lowest BCUT2D eigenvalue weighted by Gasteiger charge is -2.29. The van der Waals surface area contributed by atoms with Crippen molar-refractivity contribution < 1.29 is 19.1 Å². The van der Waals surface area contributed by atoms with Crippen LogP contribution < -0.4 is 5.32 Å². The van der Waals surface area contributed by atoms with Crippen LogP contribution in [-0.2, 0) is 4.79 Å². The predicted octanol–water partition coefficient (Wildman–Crippen LogP) is 2.38. The first kappa shape index (κ1) is 16.3. The van der Waals surface area contributed by atoms with Crippen molar-refractivity contribution >= 4 is 23.5 Å². The van der Waals surface area contributed by atoms with E-state index in [-0.39, 0.29) is 35.4 Å². The molecule has 23 heavy (non-hydrogen) atoms. The Morgan fingerprint density at radius 3 is 2.61 bits per heavy atom. The van der Waals surface area contributed by atoms with E-state index in [1.165, 1.54) is 18.9 Å². The number of amides is 1. The summed E-state index contributed by atoms with van der Waals surface area (Å²) < 4.78 is 5.10. The number of carboxylic acid groups (broad SMARTS) is 1. The number of carbonyl (C=O) groups is 2. The smallest absolute Gasteiger partial charge is 0.304 e. The highest BCUT2D eigenvalue weighted by Gasteiger charge is 2.38. The molecule has 2 fully saturated rings. The van der Waals surface area contributed by atoms with Gasteiger partial charge in [0.05, 0.1) is 6.42 Å². The molecule has 2 atom stereocenters. The van der Waals surface area contributed by atoms with Crippen LogP contribution >= 0.6 is 11.6 Å². The number of aliphatic carboxylic acids is 1. The van der Waals surface area contributed by atoms with Crippen LogP contribution in [0.3, 0.4) is 0 Å². The van der Waals surface area contributed by atoms with Gasteiger partial charge in [0.25, 0.3) is 5.91 Å². The third-order valence-corrected chi connectivity index (χ3v) is 4.85. The van der Waals surface area contributed by atoms with Gasteiger partial charge in [-0.15, -0.1) is 0 Å². The summed E-state index contributed by atoms with van der Waals surface area (Å²) in [6.07, 6.45) is 4.39. The number of rotatable bonds is 7. The van der Waals surface area contributed by atoms with Crippen molar-refractivity contribution in [2.75, 3.05) is 13.1 Å². The van der Waals surface area contributed by atoms with Crippen LogP contribution in [0.25, 0.3) is 0 Å². The minimum absolute atomic E-state index is 0.0769. The minimum atomic E-state index is -0.759. The highest BCUT2D eigenvalue weighted by molar-refractivity contribution is 6.29. The van der Waals surface area contributed by atoms with Crippen LogP contribution in [-0.4, -0.2) is 47.1 Å². The average Bonchev–Trinajstić information content (AvgIpc) is 3.10. The van der Waals surface area contributed by atoms with Gasteiger partial charge in [-0.2, -0.15) is 0 Å². The minimum Gasteiger partial charge on any atom is -0.481 e. The van der Waals surface area contributed by atoms with E-state index in [2.05, 4.69) is 10.2 Å². The number of halogens is 1. The highest BCUT2D eigenvalue weighted by Crippen LogP contribution is 2.35. The molecule has 1 saturated carbocycles. The summed E-state index contributed by atoms with van der Waals surface area (Å²) >= 11 is 5.68. The molecule has 2 heterocycles. The van der Waals surface area contributed by atoms with Gasteiger partial charge in [-0.05, 0) is 55.3 Å². The number of nitrogens with one attached hydrogen (secondary N) is 1. The Balaban J connectivity index is 1.56. The predicted molar refractivity (Wildman–Crippen MR) is 84.5 cm³/mol. The van der Waals surface area contributed by atoms with Crippen LogP contribution in [0.4, 0.5) is 0 Å². The molecule has 0 spiro atoms. The molecule has 1 saturated heterocycles. The summed E-state index contributed by atoms with van der Waals surface area (Å²) in [4.78, 5) is 25.4. The molecular weight excluding hydrogens is 320 g/mol. The van der Waals surface area contributed by atoms with E-state index >= 15 is 0 Å². The number of hydrogen-bond acceptors (Lipinski definition) is 4. The zero-order valence-electron chi connectivity index (χ0n) is 12.8. The number of furan rings is 1. The van der Waals surface area contributed by atoms with Gasteiger partial charge in [-0.25, -0.2) is 0 Å². The molecule has 0 bridgehead atoms. The number of nitrogens with zero attached hydrogens (tertiary/aromatic N) is 1. The van der Waals surface area contributed by atoms with Gasteiger partial charge in [0.1, 0.15) is 0 Å². The summed E-state index contributed by atoms with van der Waals surface area (Å²) in [6, 6.07) is 3.35. The molecule has 7 heteroatoms. The summed E-state index contributed by atoms with van der Waals surface area (Å²) in [5.74, 6) is -0.161. The average molecular weight is 341 g/mol. The molecule has 1 aliphatic carbocycles. The van der Waals surface area contributed by atoms with E-state index in [1.807, 2.05) is 0 Å². The van der Waals surface area contributed by atoms with Gasteiger partial charge in [0, 0.05) is 25.2 Å². The molecule has 3 rings (SSSR count). The lowest BCUT2D eigenvalue weighted by molar-refractivity contribution is -0.138. The topological polar surface area (TPSA) is 82.8 Å². The largest absolute Gasteiger partial charge is 0.481 e. The van der Waals surface area contributed by atoms with E-state index in [0.29, 0.717) is 12.5 Å². The molecule has 1 aliphatic heterocycles. The van der Waals surface area contributed by atoms with Crippen LogP contribution in [0.15, 0.2) is 16.5 Å². The Bertz CT molecular complexity index is 584. The van der Waals surface area contributed by atoms with Gasteiger partial charge in [-0.1, -0.05) is 0 Å². The molecule has 2 N–H and O–H groups in total. The normalized spacial score (nSPS) is 24.7. The molecule has 2 aliphatic rings. The lowest BCUT2D eigenvalue weighted by atomic mass is 10.1. The third kappa shape index (κ3) is 4.26. The molecule has 1 amide bonds. The molecule has 1 aromatic rings. The van der Waals surface area contributed by atoms with Gasteiger partial charge < -0.3 is 14.8 Å². The van der Waals surface area contributed by atoms with Crippen LogP contribution in [0.5, 0.6) is 0 Å². The van der Waals surface area contributed by atoms with Crippen LogP contribution in [0.2, 0.25) is 5.22 Å². The summed E-state index contributed by atoms with van der Waals surface area (Å²) in [7, 11) is 0. The number of likely N-dealkylation sites (tertiary alicyclic amines) is 1. The molecule has 0 unspecified atom stereocenters. The Morgan fingerprint density at radius 2 is 2.00 bits per heavy atom. The van der Waals surface area contributed by atoms with Crippen molar-refractivity contribution in [3.63, 3.8) is 0 Å². The lowest BCUT2D eigenvalue weighted by Crippen LogP contribution is -2.44. The maximum Gasteiger partial charge on any atom is 0.304 e. The van der Waals surface area contributed by atoms with Crippen molar-refractivity contribution in [1.82, 2.24) is 10.2 Å². The molecule has 6 nitrogen and oxygen atoms in total. The van der Waals surface area contributed by atoms with E-state index in [0.717, 1.165) is 19.4 Å². The van der Waals surface area contributed by atoms with Crippen molar-refractivity contribution in [1.29, 1.82) is 0 Å². The van der Waals surface area contributed by atoms with Gasteiger partial charge in [0.2, 0.25) is 0 Å². The van der Waals surface area contributed by atoms with E-state index in [1.54, 1.807) is 6.07 Å². The van der Waals surface area contributed by atoms with Gasteiger partial charge in [0.15, 0.2) is 11.0 Å². The Labute approximate surface area is 139 Å². The second-order valence-electron chi connectivity index (χ2n) is 6.44. The monoisotopic (exact) mass is 340 g/mol. The fourth-order valence-electron chi connectivity index (χ4n) is 3.29. The van der Waals surface area contributed by atoms with E-state index in [4.69, 9.17) is 21.1 Å². The fourth-order valence-corrected chi connectivity index (χ4v) is 3.43.